The number of hydrogen-bond acceptors (Lipinski definition) is 10. The zero-order valence-corrected chi connectivity index (χ0v) is 70.8. The molecule has 0 atom stereocenters. The van der Waals surface area contributed by atoms with Crippen molar-refractivity contribution >= 4 is 14.6 Å². The van der Waals surface area contributed by atoms with Crippen LogP contribution in [-0.2, 0) is 31.4 Å². The Balaban J connectivity index is -0.00000138. The van der Waals surface area contributed by atoms with E-state index in [4.69, 9.17) is 13.3 Å². The predicted molar refractivity (Wildman–Crippen MR) is 430 cm³/mol. The third-order valence-corrected chi connectivity index (χ3v) is 28.4. The average Bonchev–Trinajstić information content (AvgIpc) is 1.92. The van der Waals surface area contributed by atoms with Gasteiger partial charge in [-0.25, -0.2) is 0 Å². The van der Waals surface area contributed by atoms with E-state index >= 15 is 0 Å². The Labute approximate surface area is 614 Å². The van der Waals surface area contributed by atoms with E-state index < -0.39 is 32.7 Å². The molecule has 0 unspecified atom stereocenters. The molecule has 0 aromatic heterocycles. The van der Waals surface area contributed by atoms with E-state index in [2.05, 4.69) is 55.4 Å². The molecule has 0 aromatic rings. The average molecular weight is 1460 g/mol. The van der Waals surface area contributed by atoms with Gasteiger partial charge in [-0.15, -0.1) is 0 Å². The van der Waals surface area contributed by atoms with E-state index in [9.17, 15) is 29.4 Å². The molecule has 0 spiro atoms. The van der Waals surface area contributed by atoms with Crippen molar-refractivity contribution in [2.75, 3.05) is 51.1 Å². The summed E-state index contributed by atoms with van der Waals surface area (Å²) < 4.78 is 26.0. The van der Waals surface area contributed by atoms with Gasteiger partial charge in [-0.3, -0.25) is 0 Å². The van der Waals surface area contributed by atoms with Gasteiger partial charge in [0.05, 0.1) is 0 Å². The van der Waals surface area contributed by atoms with Gasteiger partial charge in [0, 0.05) is 0 Å². The molecule has 0 aliphatic carbocycles. The molecule has 0 amide bonds. The zero-order chi connectivity index (χ0) is 72.0. The van der Waals surface area contributed by atoms with Crippen LogP contribution >= 0.6 is 14.6 Å². The third kappa shape index (κ3) is 86.0. The minimum atomic E-state index is -4.36. The molecule has 0 saturated carbocycles. The summed E-state index contributed by atoms with van der Waals surface area (Å²) in [6.45, 7) is 21.0. The van der Waals surface area contributed by atoms with Crippen LogP contribution in [-0.4, -0.2) is 80.4 Å². The molecule has 592 valence electrons. The van der Waals surface area contributed by atoms with Crippen LogP contribution in [0.1, 0.15) is 492 Å². The van der Waals surface area contributed by atoms with Crippen LogP contribution in [0.15, 0.2) is 0 Å². The SMILES string of the molecule is CCCCCCCCCCCCCP(O)(O)(O)CCCCCCCCCCCCC.CCCCCCCCCCCCCP(O)(O)(O)CCCCCCCCCCCCC.CCCCCCCC[O][Ti]([O]CCCCCCCC)([O]CCCCCCCC)[O]CCCCCCCC. The first-order valence-corrected chi connectivity index (χ1v) is 51.6. The Morgan fingerprint density at radius 1 is 0.155 bits per heavy atom. The van der Waals surface area contributed by atoms with E-state index in [0.717, 1.165) is 129 Å². The number of hydrogen-bond donors (Lipinski definition) is 6. The van der Waals surface area contributed by atoms with E-state index in [0.29, 0.717) is 0 Å². The molecule has 10 nitrogen and oxygen atoms in total. The fraction of sp³-hybridized carbons (Fsp3) is 1.00. The quantitative estimate of drug-likeness (QED) is 0.0197. The Morgan fingerprint density at radius 3 is 0.381 bits per heavy atom. The van der Waals surface area contributed by atoms with Gasteiger partial charge in [0.15, 0.2) is 0 Å². The molecule has 6 N–H and O–H groups in total. The molecule has 0 aliphatic rings. The molecular weight excluding hydrogens is 1280 g/mol. The minimum absolute atomic E-state index is 0.209. The van der Waals surface area contributed by atoms with Crippen LogP contribution in [0, 0.1) is 0 Å². The Kier molecular flexibility index (Phi) is 82.6. The van der Waals surface area contributed by atoms with Gasteiger partial charge in [-0.1, -0.05) is 27.7 Å². The molecule has 0 saturated heterocycles. The van der Waals surface area contributed by atoms with Crippen molar-refractivity contribution in [1.29, 1.82) is 0 Å². The summed E-state index contributed by atoms with van der Waals surface area (Å²) in [5, 5.41) is 0. The zero-order valence-electron chi connectivity index (χ0n) is 67.5. The monoisotopic (exact) mass is 1460 g/mol. The fourth-order valence-corrected chi connectivity index (χ4v) is 20.4. The van der Waals surface area contributed by atoms with Gasteiger partial charge in [0.25, 0.3) is 0 Å². The molecule has 0 fully saturated rings. The second-order valence-electron chi connectivity index (χ2n) is 30.7. The Hall–Kier alpha value is 1.17. The second kappa shape index (κ2) is 78.3. The van der Waals surface area contributed by atoms with Crippen LogP contribution in [0.5, 0.6) is 0 Å². The molecule has 0 rings (SSSR count). The van der Waals surface area contributed by atoms with Crippen molar-refractivity contribution in [3.05, 3.63) is 0 Å². The number of rotatable bonds is 80. The van der Waals surface area contributed by atoms with Crippen LogP contribution in [0.25, 0.3) is 0 Å². The maximum absolute atomic E-state index is 10.3. The Bertz CT molecular complexity index is 1260. The maximum atomic E-state index is 10.3. The standard InChI is InChI=1S/2C26H57O3P.4C8H17O.Ti/c2*1-3-5-7-9-11-13-15-17-19-21-23-25-30(27,28,29)26-24-22-20-18-16-14-12-10-8-6-4-2;4*1-2-3-4-5-6-7-8-9;/h2*27-29H,3-26H2,1-2H3;4*2-8H2,1H3;/q;;4*-1;+4. The van der Waals surface area contributed by atoms with E-state index in [1.165, 1.54) is 334 Å². The summed E-state index contributed by atoms with van der Waals surface area (Å²) in [6.07, 6.45) is 85.4. The predicted octanol–water partition coefficient (Wildman–Crippen LogP) is 29.1. The van der Waals surface area contributed by atoms with Crippen LogP contribution in [0.4, 0.5) is 0 Å². The topological polar surface area (TPSA) is 158 Å². The van der Waals surface area contributed by atoms with Gasteiger partial charge in [0.1, 0.15) is 0 Å². The van der Waals surface area contributed by atoms with E-state index in [1.807, 2.05) is 0 Å². The van der Waals surface area contributed by atoms with Gasteiger partial charge in [-0.05, 0) is 0 Å². The van der Waals surface area contributed by atoms with Crippen molar-refractivity contribution < 1.29 is 60.8 Å². The molecule has 0 bridgehead atoms. The van der Waals surface area contributed by atoms with E-state index in [1.54, 1.807) is 0 Å². The first-order chi connectivity index (χ1) is 47.0. The summed E-state index contributed by atoms with van der Waals surface area (Å²) in [7, 11) is -8.73. The summed E-state index contributed by atoms with van der Waals surface area (Å²) in [6, 6.07) is 0. The summed E-state index contributed by atoms with van der Waals surface area (Å²) in [4.78, 5) is 61.9. The number of unbranched alkanes of at least 4 members (excludes halogenated alkanes) is 60. The summed E-state index contributed by atoms with van der Waals surface area (Å²) in [5.41, 5.74) is 0. The third-order valence-electron chi connectivity index (χ3n) is 20.0. The van der Waals surface area contributed by atoms with Crippen LogP contribution in [0.2, 0.25) is 0 Å². The normalized spacial score (nSPS) is 12.9. The molecular formula is C84H182O10P2Ti. The van der Waals surface area contributed by atoms with Gasteiger partial charge >= 0.3 is 591 Å². The van der Waals surface area contributed by atoms with Gasteiger partial charge < -0.3 is 0 Å². The van der Waals surface area contributed by atoms with Crippen molar-refractivity contribution in [2.45, 2.75) is 492 Å². The molecule has 97 heavy (non-hydrogen) atoms. The van der Waals surface area contributed by atoms with Gasteiger partial charge in [0.2, 0.25) is 0 Å². The van der Waals surface area contributed by atoms with Crippen molar-refractivity contribution in [3.8, 4) is 0 Å². The van der Waals surface area contributed by atoms with Crippen molar-refractivity contribution in [1.82, 2.24) is 0 Å². The fourth-order valence-electron chi connectivity index (χ4n) is 13.2. The van der Waals surface area contributed by atoms with Crippen LogP contribution in [0.3, 0.4) is 0 Å². The van der Waals surface area contributed by atoms with E-state index in [-0.39, 0.29) is 24.6 Å². The van der Waals surface area contributed by atoms with Crippen LogP contribution < -0.4 is 0 Å². The van der Waals surface area contributed by atoms with Crippen molar-refractivity contribution in [3.63, 3.8) is 0 Å². The first kappa shape index (κ1) is 102. The summed E-state index contributed by atoms with van der Waals surface area (Å²) in [5.74, 6) is 0. The Morgan fingerprint density at radius 2 is 0.258 bits per heavy atom. The van der Waals surface area contributed by atoms with Crippen molar-refractivity contribution in [2.24, 2.45) is 0 Å². The van der Waals surface area contributed by atoms with Gasteiger partial charge in [-0.2, -0.15) is 0 Å². The molecule has 0 heterocycles. The summed E-state index contributed by atoms with van der Waals surface area (Å²) >= 11 is -3.72. The first-order valence-electron chi connectivity index (χ1n) is 44.1. The molecule has 0 radical (unpaired) electrons. The molecule has 0 aromatic carbocycles. The molecule has 0 aliphatic heterocycles. The second-order valence-corrected chi connectivity index (χ2v) is 41.2. The molecule has 13 heteroatoms.